The number of hydrogen-bond acceptors (Lipinski definition) is 2. The Bertz CT molecular complexity index is 382. The van der Waals surface area contributed by atoms with Crippen molar-refractivity contribution >= 4 is 11.0 Å². The zero-order valence-corrected chi connectivity index (χ0v) is 11.2. The van der Waals surface area contributed by atoms with E-state index in [1.54, 1.807) is 12.4 Å². The summed E-state index contributed by atoms with van der Waals surface area (Å²) in [7, 11) is 0. The molecule has 0 aliphatic carbocycles. The SMILES string of the molecule is CC.CC.Cc1ccc(C)c2nccnc12. The molecule has 0 aliphatic rings. The number of hydrogen-bond donors (Lipinski definition) is 0. The topological polar surface area (TPSA) is 25.8 Å². The van der Waals surface area contributed by atoms with Crippen molar-refractivity contribution in [3.05, 3.63) is 35.7 Å². The van der Waals surface area contributed by atoms with Crippen LogP contribution in [0.2, 0.25) is 0 Å². The predicted octanol–water partition coefficient (Wildman–Crippen LogP) is 4.30. The predicted molar refractivity (Wildman–Crippen MR) is 71.7 cm³/mol. The molecule has 0 amide bonds. The van der Waals surface area contributed by atoms with E-state index in [-0.39, 0.29) is 0 Å². The minimum absolute atomic E-state index is 1.01. The fourth-order valence-corrected chi connectivity index (χ4v) is 1.32. The lowest BCUT2D eigenvalue weighted by Gasteiger charge is -2.01. The zero-order chi connectivity index (χ0) is 12.6. The highest BCUT2D eigenvalue weighted by Crippen LogP contribution is 2.16. The molecule has 2 heteroatoms. The highest BCUT2D eigenvalue weighted by atomic mass is 14.8. The summed E-state index contributed by atoms with van der Waals surface area (Å²) in [5, 5.41) is 0. The summed E-state index contributed by atoms with van der Waals surface area (Å²) >= 11 is 0. The van der Waals surface area contributed by atoms with Crippen molar-refractivity contribution in [1.82, 2.24) is 9.97 Å². The van der Waals surface area contributed by atoms with Crippen molar-refractivity contribution < 1.29 is 0 Å². The van der Waals surface area contributed by atoms with Crippen molar-refractivity contribution in [3.8, 4) is 0 Å². The van der Waals surface area contributed by atoms with Gasteiger partial charge in [-0.1, -0.05) is 39.8 Å². The Balaban J connectivity index is 0.000000509. The maximum atomic E-state index is 4.28. The number of rotatable bonds is 0. The molecule has 0 fully saturated rings. The molecule has 0 saturated carbocycles. The molecule has 0 saturated heterocycles. The van der Waals surface area contributed by atoms with E-state index in [4.69, 9.17) is 0 Å². The van der Waals surface area contributed by atoms with Crippen LogP contribution in [0.3, 0.4) is 0 Å². The van der Waals surface area contributed by atoms with Crippen LogP contribution in [0.15, 0.2) is 24.5 Å². The van der Waals surface area contributed by atoms with Crippen LogP contribution >= 0.6 is 0 Å². The van der Waals surface area contributed by atoms with Gasteiger partial charge < -0.3 is 0 Å². The molecule has 16 heavy (non-hydrogen) atoms. The molecule has 0 unspecified atom stereocenters. The Kier molecular flexibility index (Phi) is 7.10. The van der Waals surface area contributed by atoms with Crippen LogP contribution in [-0.4, -0.2) is 9.97 Å². The second-order valence-corrected chi connectivity index (χ2v) is 2.95. The molecule has 0 radical (unpaired) electrons. The van der Waals surface area contributed by atoms with Crippen LogP contribution in [0.25, 0.3) is 11.0 Å². The molecule has 1 aromatic carbocycles. The molecule has 88 valence electrons. The molecule has 2 rings (SSSR count). The number of aromatic nitrogens is 2. The summed E-state index contributed by atoms with van der Waals surface area (Å²) in [6.07, 6.45) is 3.46. The molecule has 0 bridgehead atoms. The first-order valence-corrected chi connectivity index (χ1v) is 5.96. The largest absolute Gasteiger partial charge is 0.253 e. The minimum atomic E-state index is 1.01. The van der Waals surface area contributed by atoms with Gasteiger partial charge in [0.15, 0.2) is 0 Å². The van der Waals surface area contributed by atoms with E-state index in [1.807, 2.05) is 27.7 Å². The number of fused-ring (bicyclic) bond motifs is 1. The quantitative estimate of drug-likeness (QED) is 0.659. The Morgan fingerprint density at radius 2 is 1.00 bits per heavy atom. The van der Waals surface area contributed by atoms with Gasteiger partial charge in [0, 0.05) is 12.4 Å². The summed E-state index contributed by atoms with van der Waals surface area (Å²) in [6, 6.07) is 4.15. The Labute approximate surface area is 98.8 Å². The van der Waals surface area contributed by atoms with Crippen LogP contribution in [-0.2, 0) is 0 Å². The Morgan fingerprint density at radius 1 is 0.688 bits per heavy atom. The van der Waals surface area contributed by atoms with Crippen molar-refractivity contribution in [2.45, 2.75) is 41.5 Å². The normalized spacial score (nSPS) is 8.62. The first-order valence-electron chi connectivity index (χ1n) is 5.96. The van der Waals surface area contributed by atoms with Crippen molar-refractivity contribution in [2.75, 3.05) is 0 Å². The lowest BCUT2D eigenvalue weighted by Crippen LogP contribution is -1.88. The molecule has 0 spiro atoms. The van der Waals surface area contributed by atoms with Gasteiger partial charge in [-0.05, 0) is 25.0 Å². The zero-order valence-electron chi connectivity index (χ0n) is 11.2. The van der Waals surface area contributed by atoms with E-state index < -0.39 is 0 Å². The van der Waals surface area contributed by atoms with E-state index >= 15 is 0 Å². The van der Waals surface area contributed by atoms with E-state index in [0.29, 0.717) is 0 Å². The monoisotopic (exact) mass is 218 g/mol. The maximum absolute atomic E-state index is 4.28. The maximum Gasteiger partial charge on any atom is 0.0918 e. The van der Waals surface area contributed by atoms with E-state index in [0.717, 1.165) is 11.0 Å². The number of aryl methyl sites for hydroxylation is 2. The fraction of sp³-hybridized carbons (Fsp3) is 0.429. The average Bonchev–Trinajstić information content (AvgIpc) is 2.39. The van der Waals surface area contributed by atoms with Crippen LogP contribution in [0.1, 0.15) is 38.8 Å². The van der Waals surface area contributed by atoms with Crippen molar-refractivity contribution in [1.29, 1.82) is 0 Å². The van der Waals surface area contributed by atoms with Gasteiger partial charge in [0.25, 0.3) is 0 Å². The second-order valence-electron chi connectivity index (χ2n) is 2.95. The van der Waals surface area contributed by atoms with Crippen LogP contribution in [0.4, 0.5) is 0 Å². The van der Waals surface area contributed by atoms with E-state index in [2.05, 4.69) is 35.9 Å². The van der Waals surface area contributed by atoms with Gasteiger partial charge >= 0.3 is 0 Å². The molecular weight excluding hydrogens is 196 g/mol. The number of benzene rings is 1. The molecule has 0 atom stereocenters. The van der Waals surface area contributed by atoms with Crippen molar-refractivity contribution in [2.24, 2.45) is 0 Å². The first-order chi connectivity index (χ1) is 7.79. The van der Waals surface area contributed by atoms with Crippen LogP contribution in [0, 0.1) is 13.8 Å². The summed E-state index contributed by atoms with van der Waals surface area (Å²) in [4.78, 5) is 8.56. The van der Waals surface area contributed by atoms with E-state index in [9.17, 15) is 0 Å². The van der Waals surface area contributed by atoms with Gasteiger partial charge in [-0.2, -0.15) is 0 Å². The van der Waals surface area contributed by atoms with Gasteiger partial charge in [0.2, 0.25) is 0 Å². The van der Waals surface area contributed by atoms with Crippen LogP contribution < -0.4 is 0 Å². The second kappa shape index (κ2) is 7.80. The average molecular weight is 218 g/mol. The Morgan fingerprint density at radius 3 is 1.31 bits per heavy atom. The van der Waals surface area contributed by atoms with Gasteiger partial charge in [-0.25, -0.2) is 0 Å². The molecule has 2 nitrogen and oxygen atoms in total. The van der Waals surface area contributed by atoms with Crippen molar-refractivity contribution in [3.63, 3.8) is 0 Å². The highest BCUT2D eigenvalue weighted by Gasteiger charge is 2.00. The Hall–Kier alpha value is -1.44. The molecule has 0 N–H and O–H groups in total. The summed E-state index contributed by atoms with van der Waals surface area (Å²) in [5.74, 6) is 0. The molecule has 2 aromatic rings. The third-order valence-corrected chi connectivity index (χ3v) is 2.03. The minimum Gasteiger partial charge on any atom is -0.253 e. The lowest BCUT2D eigenvalue weighted by atomic mass is 10.1. The highest BCUT2D eigenvalue weighted by molar-refractivity contribution is 5.80. The van der Waals surface area contributed by atoms with Gasteiger partial charge in [-0.3, -0.25) is 9.97 Å². The summed E-state index contributed by atoms with van der Waals surface area (Å²) < 4.78 is 0. The van der Waals surface area contributed by atoms with Gasteiger partial charge in [-0.15, -0.1) is 0 Å². The molecule has 1 aromatic heterocycles. The van der Waals surface area contributed by atoms with Gasteiger partial charge in [0.05, 0.1) is 11.0 Å². The first kappa shape index (κ1) is 14.6. The van der Waals surface area contributed by atoms with Gasteiger partial charge in [0.1, 0.15) is 0 Å². The summed E-state index contributed by atoms with van der Waals surface area (Å²) in [5.41, 5.74) is 4.39. The van der Waals surface area contributed by atoms with Crippen LogP contribution in [0.5, 0.6) is 0 Å². The van der Waals surface area contributed by atoms with E-state index in [1.165, 1.54) is 11.1 Å². The number of nitrogens with zero attached hydrogens (tertiary/aromatic N) is 2. The smallest absolute Gasteiger partial charge is 0.0918 e. The standard InChI is InChI=1S/C10H10N2.2C2H6/c1-7-3-4-8(2)10-9(7)11-5-6-12-10;2*1-2/h3-6H,1-2H3;2*1-2H3. The lowest BCUT2D eigenvalue weighted by molar-refractivity contribution is 1.25. The summed E-state index contributed by atoms with van der Waals surface area (Å²) in [6.45, 7) is 12.1. The molecule has 1 heterocycles. The molecule has 0 aliphatic heterocycles. The third kappa shape index (κ3) is 3.30. The third-order valence-electron chi connectivity index (χ3n) is 2.03. The fourth-order valence-electron chi connectivity index (χ4n) is 1.32. The molecular formula is C14H22N2.